The van der Waals surface area contributed by atoms with Crippen molar-refractivity contribution < 1.29 is 9.59 Å². The average molecular weight is 377 g/mol. The van der Waals surface area contributed by atoms with Gasteiger partial charge in [-0.15, -0.1) is 0 Å². The van der Waals surface area contributed by atoms with Crippen molar-refractivity contribution in [2.24, 2.45) is 5.73 Å². The lowest BCUT2D eigenvalue weighted by atomic mass is 10.1. The van der Waals surface area contributed by atoms with Gasteiger partial charge in [0.25, 0.3) is 5.91 Å². The molecule has 0 saturated carbocycles. The lowest BCUT2D eigenvalue weighted by Crippen LogP contribution is -2.28. The van der Waals surface area contributed by atoms with Crippen LogP contribution in [-0.4, -0.2) is 33.7 Å². The van der Waals surface area contributed by atoms with Gasteiger partial charge in [-0.25, -0.2) is 4.79 Å². The summed E-state index contributed by atoms with van der Waals surface area (Å²) in [5.41, 5.74) is 8.66. The number of hydrogen-bond acceptors (Lipinski definition) is 3. The van der Waals surface area contributed by atoms with Crippen LogP contribution in [0.15, 0.2) is 67.0 Å². The van der Waals surface area contributed by atoms with Gasteiger partial charge in [0.15, 0.2) is 0 Å². The Hall–Kier alpha value is -3.61. The van der Waals surface area contributed by atoms with Crippen LogP contribution in [0.2, 0.25) is 0 Å². The zero-order valence-corrected chi connectivity index (χ0v) is 15.7. The van der Waals surface area contributed by atoms with E-state index in [9.17, 15) is 9.59 Å². The van der Waals surface area contributed by atoms with E-state index < -0.39 is 6.03 Å². The molecule has 0 unspecified atom stereocenters. The van der Waals surface area contributed by atoms with E-state index in [4.69, 9.17) is 5.73 Å². The lowest BCUT2D eigenvalue weighted by Gasteiger charge is -2.16. The van der Waals surface area contributed by atoms with Crippen molar-refractivity contribution in [3.8, 4) is 0 Å². The summed E-state index contributed by atoms with van der Waals surface area (Å²) in [4.78, 5) is 25.0. The number of primary amides is 1. The van der Waals surface area contributed by atoms with Gasteiger partial charge >= 0.3 is 6.03 Å². The highest BCUT2D eigenvalue weighted by Crippen LogP contribution is 2.11. The Morgan fingerprint density at radius 3 is 2.43 bits per heavy atom. The van der Waals surface area contributed by atoms with E-state index in [0.29, 0.717) is 25.2 Å². The molecule has 0 spiro atoms. The summed E-state index contributed by atoms with van der Waals surface area (Å²) < 4.78 is 1.86. The van der Waals surface area contributed by atoms with Gasteiger partial charge in [-0.1, -0.05) is 42.5 Å². The summed E-state index contributed by atoms with van der Waals surface area (Å²) in [5, 5.41) is 6.90. The molecule has 0 bridgehead atoms. The molecule has 7 heteroatoms. The number of carbonyl (C=O) groups is 2. The first-order valence-corrected chi connectivity index (χ1v) is 8.94. The first-order valence-electron chi connectivity index (χ1n) is 8.94. The van der Waals surface area contributed by atoms with E-state index >= 15 is 0 Å². The first-order chi connectivity index (χ1) is 13.5. The van der Waals surface area contributed by atoms with Crippen LogP contribution >= 0.6 is 0 Å². The maximum atomic E-state index is 12.6. The molecule has 144 valence electrons. The van der Waals surface area contributed by atoms with Crippen LogP contribution in [0.5, 0.6) is 0 Å². The van der Waals surface area contributed by atoms with Crippen LogP contribution in [0.4, 0.5) is 4.79 Å². The second-order valence-electron chi connectivity index (χ2n) is 6.61. The lowest BCUT2D eigenvalue weighted by molar-refractivity contribution is 0.0785. The molecule has 3 aromatic rings. The fourth-order valence-electron chi connectivity index (χ4n) is 2.87. The number of nitrogens with one attached hydrogen (secondary N) is 1. The molecule has 3 amide bonds. The van der Waals surface area contributed by atoms with Gasteiger partial charge in [-0.05, 0) is 23.3 Å². The van der Waals surface area contributed by atoms with Crippen molar-refractivity contribution in [3.05, 3.63) is 89.2 Å². The largest absolute Gasteiger partial charge is 0.352 e. The normalized spacial score (nSPS) is 10.5. The van der Waals surface area contributed by atoms with E-state index in [0.717, 1.165) is 11.1 Å². The number of hydrogen-bond donors (Lipinski definition) is 2. The molecule has 1 aromatic heterocycles. The van der Waals surface area contributed by atoms with Gasteiger partial charge in [-0.3, -0.25) is 9.48 Å². The maximum absolute atomic E-state index is 12.6. The van der Waals surface area contributed by atoms with Crippen LogP contribution in [0.25, 0.3) is 0 Å². The molecule has 1 heterocycles. The van der Waals surface area contributed by atoms with Gasteiger partial charge in [-0.2, -0.15) is 5.10 Å². The van der Waals surface area contributed by atoms with Crippen LogP contribution in [0.1, 0.15) is 27.0 Å². The summed E-state index contributed by atoms with van der Waals surface area (Å²) in [7, 11) is 1.76. The zero-order valence-electron chi connectivity index (χ0n) is 15.7. The maximum Gasteiger partial charge on any atom is 0.312 e. The van der Waals surface area contributed by atoms with E-state index in [-0.39, 0.29) is 5.91 Å². The highest BCUT2D eigenvalue weighted by molar-refractivity contribution is 5.94. The Balaban J connectivity index is 1.57. The summed E-state index contributed by atoms with van der Waals surface area (Å²) in [6.45, 7) is 1.50. The Morgan fingerprint density at radius 1 is 1.04 bits per heavy atom. The Labute approximate surface area is 163 Å². The number of urea groups is 1. The fourth-order valence-corrected chi connectivity index (χ4v) is 2.87. The second kappa shape index (κ2) is 8.85. The molecule has 0 aliphatic carbocycles. The number of aromatic nitrogens is 2. The van der Waals surface area contributed by atoms with Crippen LogP contribution in [-0.2, 0) is 19.6 Å². The first kappa shape index (κ1) is 19.2. The van der Waals surface area contributed by atoms with E-state index in [2.05, 4.69) is 22.5 Å². The minimum atomic E-state index is -0.576. The highest BCUT2D eigenvalue weighted by atomic mass is 16.2. The molecule has 3 N–H and O–H groups in total. The fraction of sp³-hybridized carbons (Fsp3) is 0.190. The molecular weight excluding hydrogens is 354 g/mol. The number of benzene rings is 2. The number of nitrogens with zero attached hydrogens (tertiary/aromatic N) is 3. The summed E-state index contributed by atoms with van der Waals surface area (Å²) >= 11 is 0. The highest BCUT2D eigenvalue weighted by Gasteiger charge is 2.13. The van der Waals surface area contributed by atoms with Crippen molar-refractivity contribution in [2.75, 3.05) is 7.05 Å². The summed E-state index contributed by atoms with van der Waals surface area (Å²) in [6.07, 6.45) is 3.74. The monoisotopic (exact) mass is 377 g/mol. The van der Waals surface area contributed by atoms with E-state index in [1.54, 1.807) is 42.4 Å². The SMILES string of the molecule is CN(Cc1cnn(Cc2ccccc2)c1)C(=O)c1ccc(CNC(N)=O)cc1. The van der Waals surface area contributed by atoms with Gasteiger partial charge in [0.1, 0.15) is 0 Å². The molecule has 0 radical (unpaired) electrons. The van der Waals surface area contributed by atoms with Crippen molar-refractivity contribution >= 4 is 11.9 Å². The molecule has 0 aliphatic heterocycles. The molecule has 3 rings (SSSR count). The van der Waals surface area contributed by atoms with Gasteiger partial charge in [0.05, 0.1) is 12.7 Å². The topological polar surface area (TPSA) is 93.2 Å². The second-order valence-corrected chi connectivity index (χ2v) is 6.61. The van der Waals surface area contributed by atoms with Crippen molar-refractivity contribution in [2.45, 2.75) is 19.6 Å². The Morgan fingerprint density at radius 2 is 1.75 bits per heavy atom. The van der Waals surface area contributed by atoms with Gasteiger partial charge in [0.2, 0.25) is 0 Å². The zero-order chi connectivity index (χ0) is 19.9. The van der Waals surface area contributed by atoms with Gasteiger partial charge < -0.3 is 16.0 Å². The number of rotatable bonds is 7. The Kier molecular flexibility index (Phi) is 6.06. The van der Waals surface area contributed by atoms with Crippen molar-refractivity contribution in [1.82, 2.24) is 20.0 Å². The quantitative estimate of drug-likeness (QED) is 0.662. The van der Waals surface area contributed by atoms with Crippen LogP contribution in [0.3, 0.4) is 0 Å². The molecule has 2 aromatic carbocycles. The predicted molar refractivity (Wildman–Crippen MR) is 106 cm³/mol. The van der Waals surface area contributed by atoms with Crippen molar-refractivity contribution in [3.63, 3.8) is 0 Å². The molecule has 28 heavy (non-hydrogen) atoms. The molecule has 0 saturated heterocycles. The minimum absolute atomic E-state index is 0.0785. The third-order valence-electron chi connectivity index (χ3n) is 4.31. The number of nitrogens with two attached hydrogens (primary N) is 1. The third-order valence-corrected chi connectivity index (χ3v) is 4.31. The molecule has 0 fully saturated rings. The molecule has 7 nitrogen and oxygen atoms in total. The van der Waals surface area contributed by atoms with Crippen LogP contribution in [0, 0.1) is 0 Å². The smallest absolute Gasteiger partial charge is 0.312 e. The number of carbonyl (C=O) groups excluding carboxylic acids is 2. The minimum Gasteiger partial charge on any atom is -0.352 e. The summed E-state index contributed by atoms with van der Waals surface area (Å²) in [5.74, 6) is -0.0785. The predicted octanol–water partition coefficient (Wildman–Crippen LogP) is 2.37. The third kappa shape index (κ3) is 5.20. The van der Waals surface area contributed by atoms with Crippen LogP contribution < -0.4 is 11.1 Å². The molecule has 0 aliphatic rings. The molecule has 0 atom stereocenters. The van der Waals surface area contributed by atoms with Gasteiger partial charge in [0, 0.05) is 37.5 Å². The van der Waals surface area contributed by atoms with E-state index in [1.165, 1.54) is 5.56 Å². The summed E-state index contributed by atoms with van der Waals surface area (Å²) in [6, 6.07) is 16.6. The standard InChI is InChI=1S/C21H23N5O2/c1-25(20(27)19-9-7-16(8-10-19)11-23-21(22)28)13-18-12-24-26(15-18)14-17-5-3-2-4-6-17/h2-10,12,15H,11,13-14H2,1H3,(H3,22,23,28). The average Bonchev–Trinajstić information content (AvgIpc) is 3.13. The van der Waals surface area contributed by atoms with Crippen molar-refractivity contribution in [1.29, 1.82) is 0 Å². The number of amides is 3. The Bertz CT molecular complexity index is 935. The van der Waals surface area contributed by atoms with E-state index in [1.807, 2.05) is 29.1 Å². The molecular formula is C21H23N5O2.